The standard InChI is InChI=1S/C12H16O3S/c1-3-9-4-5-11(15-2)10(6-9)7-16-8-12(13)14/h4-6H,3,7-8H2,1-2H3,(H,13,14). The minimum absolute atomic E-state index is 0.125. The Morgan fingerprint density at radius 1 is 1.50 bits per heavy atom. The third-order valence-electron chi connectivity index (χ3n) is 2.24. The second kappa shape index (κ2) is 6.43. The van der Waals surface area contributed by atoms with E-state index in [0.29, 0.717) is 5.75 Å². The molecular weight excluding hydrogens is 224 g/mol. The van der Waals surface area contributed by atoms with E-state index in [4.69, 9.17) is 9.84 Å². The summed E-state index contributed by atoms with van der Waals surface area (Å²) in [7, 11) is 1.63. The van der Waals surface area contributed by atoms with Gasteiger partial charge in [0.2, 0.25) is 0 Å². The molecule has 1 N–H and O–H groups in total. The average Bonchev–Trinajstić information content (AvgIpc) is 2.28. The highest BCUT2D eigenvalue weighted by molar-refractivity contribution is 7.99. The summed E-state index contributed by atoms with van der Waals surface area (Å²) in [6.07, 6.45) is 0.973. The van der Waals surface area contributed by atoms with Gasteiger partial charge >= 0.3 is 5.97 Å². The smallest absolute Gasteiger partial charge is 0.313 e. The maximum Gasteiger partial charge on any atom is 0.313 e. The molecule has 0 aliphatic heterocycles. The number of ether oxygens (including phenoxy) is 1. The molecule has 0 aromatic heterocycles. The molecule has 0 spiro atoms. The molecule has 88 valence electrons. The van der Waals surface area contributed by atoms with Crippen LogP contribution in [-0.2, 0) is 17.0 Å². The molecule has 0 saturated heterocycles. The minimum Gasteiger partial charge on any atom is -0.496 e. The number of aliphatic carboxylic acids is 1. The number of hydrogen-bond acceptors (Lipinski definition) is 3. The highest BCUT2D eigenvalue weighted by atomic mass is 32.2. The first-order valence-corrected chi connectivity index (χ1v) is 6.28. The van der Waals surface area contributed by atoms with Crippen LogP contribution in [0.15, 0.2) is 18.2 Å². The summed E-state index contributed by atoms with van der Waals surface area (Å²) in [6, 6.07) is 6.05. The highest BCUT2D eigenvalue weighted by Gasteiger charge is 2.05. The summed E-state index contributed by atoms with van der Waals surface area (Å²) in [5.74, 6) is 0.841. The van der Waals surface area contributed by atoms with Crippen LogP contribution in [0.5, 0.6) is 5.75 Å². The average molecular weight is 240 g/mol. The maximum absolute atomic E-state index is 10.4. The van der Waals surface area contributed by atoms with Gasteiger partial charge in [-0.05, 0) is 18.1 Å². The number of thioether (sulfide) groups is 1. The van der Waals surface area contributed by atoms with Crippen molar-refractivity contribution in [2.45, 2.75) is 19.1 Å². The first kappa shape index (κ1) is 12.9. The van der Waals surface area contributed by atoms with Gasteiger partial charge in [0.25, 0.3) is 0 Å². The summed E-state index contributed by atoms with van der Waals surface area (Å²) in [5, 5.41) is 8.57. The van der Waals surface area contributed by atoms with E-state index in [1.54, 1.807) is 7.11 Å². The maximum atomic E-state index is 10.4. The molecule has 0 aliphatic carbocycles. The van der Waals surface area contributed by atoms with Gasteiger partial charge in [-0.15, -0.1) is 11.8 Å². The van der Waals surface area contributed by atoms with E-state index in [2.05, 4.69) is 13.0 Å². The van der Waals surface area contributed by atoms with Crippen LogP contribution in [-0.4, -0.2) is 23.9 Å². The first-order chi connectivity index (χ1) is 7.67. The van der Waals surface area contributed by atoms with E-state index in [0.717, 1.165) is 17.7 Å². The van der Waals surface area contributed by atoms with Crippen molar-refractivity contribution in [3.8, 4) is 5.75 Å². The van der Waals surface area contributed by atoms with E-state index in [-0.39, 0.29) is 5.75 Å². The molecule has 16 heavy (non-hydrogen) atoms. The van der Waals surface area contributed by atoms with Crippen LogP contribution in [0.2, 0.25) is 0 Å². The van der Waals surface area contributed by atoms with Crippen LogP contribution < -0.4 is 4.74 Å². The normalized spacial score (nSPS) is 10.1. The van der Waals surface area contributed by atoms with Crippen LogP contribution >= 0.6 is 11.8 Å². The lowest BCUT2D eigenvalue weighted by atomic mass is 10.1. The number of rotatable bonds is 6. The number of methoxy groups -OCH3 is 1. The molecule has 0 radical (unpaired) electrons. The number of carboxylic acids is 1. The van der Waals surface area contributed by atoms with E-state index >= 15 is 0 Å². The van der Waals surface area contributed by atoms with Crippen LogP contribution in [0.25, 0.3) is 0 Å². The Labute approximate surface area is 99.8 Å². The van der Waals surface area contributed by atoms with Gasteiger partial charge in [-0.3, -0.25) is 4.79 Å². The van der Waals surface area contributed by atoms with E-state index in [9.17, 15) is 4.79 Å². The molecule has 4 heteroatoms. The third kappa shape index (κ3) is 3.77. The van der Waals surface area contributed by atoms with Gasteiger partial charge in [0, 0.05) is 11.3 Å². The number of carbonyl (C=O) groups is 1. The molecule has 1 aromatic rings. The van der Waals surface area contributed by atoms with Gasteiger partial charge in [-0.1, -0.05) is 19.1 Å². The molecule has 0 amide bonds. The summed E-state index contributed by atoms with van der Waals surface area (Å²) in [5.41, 5.74) is 2.31. The van der Waals surface area contributed by atoms with Crippen molar-refractivity contribution in [2.24, 2.45) is 0 Å². The lowest BCUT2D eigenvalue weighted by molar-refractivity contribution is -0.133. The fraction of sp³-hybridized carbons (Fsp3) is 0.417. The molecule has 0 aliphatic rings. The van der Waals surface area contributed by atoms with Crippen molar-refractivity contribution in [3.63, 3.8) is 0 Å². The quantitative estimate of drug-likeness (QED) is 0.830. The zero-order chi connectivity index (χ0) is 12.0. The zero-order valence-electron chi connectivity index (χ0n) is 9.53. The van der Waals surface area contributed by atoms with Gasteiger partial charge < -0.3 is 9.84 Å². The number of carboxylic acid groups (broad SMARTS) is 1. The lowest BCUT2D eigenvalue weighted by Crippen LogP contribution is -1.99. The minimum atomic E-state index is -0.782. The Hall–Kier alpha value is -1.16. The molecule has 1 rings (SSSR count). The first-order valence-electron chi connectivity index (χ1n) is 5.12. The Morgan fingerprint density at radius 2 is 2.25 bits per heavy atom. The highest BCUT2D eigenvalue weighted by Crippen LogP contribution is 2.24. The van der Waals surface area contributed by atoms with Crippen LogP contribution in [0.1, 0.15) is 18.1 Å². The van der Waals surface area contributed by atoms with Crippen molar-refractivity contribution in [1.82, 2.24) is 0 Å². The monoisotopic (exact) mass is 240 g/mol. The van der Waals surface area contributed by atoms with Crippen molar-refractivity contribution in [1.29, 1.82) is 0 Å². The summed E-state index contributed by atoms with van der Waals surface area (Å²) in [6.45, 7) is 2.09. The van der Waals surface area contributed by atoms with Crippen molar-refractivity contribution < 1.29 is 14.6 Å². The van der Waals surface area contributed by atoms with Crippen molar-refractivity contribution in [2.75, 3.05) is 12.9 Å². The topological polar surface area (TPSA) is 46.5 Å². The zero-order valence-corrected chi connectivity index (χ0v) is 10.3. The van der Waals surface area contributed by atoms with Crippen molar-refractivity contribution in [3.05, 3.63) is 29.3 Å². The summed E-state index contributed by atoms with van der Waals surface area (Å²) in [4.78, 5) is 10.4. The van der Waals surface area contributed by atoms with Gasteiger partial charge in [0.1, 0.15) is 5.75 Å². The summed E-state index contributed by atoms with van der Waals surface area (Å²) < 4.78 is 5.24. The Kier molecular flexibility index (Phi) is 5.19. The fourth-order valence-corrected chi connectivity index (χ4v) is 2.14. The van der Waals surface area contributed by atoms with E-state index in [1.165, 1.54) is 17.3 Å². The Bertz CT molecular complexity index is 363. The number of aryl methyl sites for hydroxylation is 1. The summed E-state index contributed by atoms with van der Waals surface area (Å²) >= 11 is 1.38. The molecule has 1 aromatic carbocycles. The van der Waals surface area contributed by atoms with Crippen molar-refractivity contribution >= 4 is 17.7 Å². The second-order valence-corrected chi connectivity index (χ2v) is 4.37. The van der Waals surface area contributed by atoms with Crippen LogP contribution in [0.3, 0.4) is 0 Å². The molecule has 0 fully saturated rings. The van der Waals surface area contributed by atoms with E-state index in [1.807, 2.05) is 12.1 Å². The molecular formula is C12H16O3S. The predicted octanol–water partition coefficient (Wildman–Crippen LogP) is 2.58. The number of hydrogen-bond donors (Lipinski definition) is 1. The Morgan fingerprint density at radius 3 is 2.81 bits per heavy atom. The number of benzene rings is 1. The molecule has 0 atom stereocenters. The molecule has 0 bridgehead atoms. The van der Waals surface area contributed by atoms with Gasteiger partial charge in [-0.2, -0.15) is 0 Å². The van der Waals surface area contributed by atoms with Crippen LogP contribution in [0, 0.1) is 0 Å². The SMILES string of the molecule is CCc1ccc(OC)c(CSCC(=O)O)c1. The predicted molar refractivity (Wildman–Crippen MR) is 66.2 cm³/mol. The van der Waals surface area contributed by atoms with Gasteiger partial charge in [0.15, 0.2) is 0 Å². The van der Waals surface area contributed by atoms with Crippen LogP contribution in [0.4, 0.5) is 0 Å². The van der Waals surface area contributed by atoms with E-state index < -0.39 is 5.97 Å². The fourth-order valence-electron chi connectivity index (χ4n) is 1.41. The largest absolute Gasteiger partial charge is 0.496 e. The third-order valence-corrected chi connectivity index (χ3v) is 3.20. The molecule has 0 heterocycles. The Balaban J connectivity index is 2.71. The molecule has 0 unspecified atom stereocenters. The lowest BCUT2D eigenvalue weighted by Gasteiger charge is -2.09. The van der Waals surface area contributed by atoms with Gasteiger partial charge in [0.05, 0.1) is 12.9 Å². The molecule has 3 nitrogen and oxygen atoms in total. The molecule has 0 saturated carbocycles. The van der Waals surface area contributed by atoms with Gasteiger partial charge in [-0.25, -0.2) is 0 Å². The second-order valence-electron chi connectivity index (χ2n) is 3.39.